The molecule has 0 aliphatic carbocycles. The fourth-order valence-corrected chi connectivity index (χ4v) is 0.874. The molecule has 78 valence electrons. The molecule has 2 N–H and O–H groups in total. The molecule has 0 aliphatic heterocycles. The van der Waals surface area contributed by atoms with Gasteiger partial charge in [0.25, 0.3) is 0 Å². The maximum atomic E-state index is 10.9. The summed E-state index contributed by atoms with van der Waals surface area (Å²) >= 11 is 11.6. The van der Waals surface area contributed by atoms with Crippen LogP contribution in [-0.2, 0) is 9.53 Å². The van der Waals surface area contributed by atoms with E-state index in [1.165, 1.54) is 0 Å². The number of rotatable bonds is 5. The highest BCUT2D eigenvalue weighted by Gasteiger charge is 2.20. The van der Waals surface area contributed by atoms with E-state index in [-0.39, 0.29) is 13.0 Å². The van der Waals surface area contributed by atoms with Crippen molar-refractivity contribution in [1.82, 2.24) is 0 Å². The first-order valence-electron chi connectivity index (χ1n) is 3.47. The Kier molecular flexibility index (Phi) is 6.23. The topological polar surface area (TPSA) is 66.8 Å². The van der Waals surface area contributed by atoms with Gasteiger partial charge in [0.15, 0.2) is 0 Å². The largest absolute Gasteiger partial charge is 0.463 e. The summed E-state index contributed by atoms with van der Waals surface area (Å²) in [5.41, 5.74) is 0. The van der Waals surface area contributed by atoms with E-state index < -0.39 is 22.1 Å². The molecule has 0 aromatic carbocycles. The number of hydrogen-bond donors (Lipinski definition) is 5. The number of carbonyl (C=O) groups is 1. The van der Waals surface area contributed by atoms with Crippen molar-refractivity contribution < 1.29 is 19.7 Å². The maximum absolute atomic E-state index is 10.9. The minimum atomic E-state index is -1.04. The molecular weight excluding hydrogens is 232 g/mol. The number of aliphatic hydroxyl groups excluding tert-OH is 2. The van der Waals surface area contributed by atoms with Crippen LogP contribution in [0.15, 0.2) is 0 Å². The predicted molar refractivity (Wildman–Crippen MR) is 58.4 cm³/mol. The van der Waals surface area contributed by atoms with Gasteiger partial charge in [-0.2, -0.15) is 37.9 Å². The van der Waals surface area contributed by atoms with Crippen LogP contribution in [0, 0.1) is 0 Å². The number of thiol groups is 3. The number of hydrogen-bond acceptors (Lipinski definition) is 7. The van der Waals surface area contributed by atoms with Gasteiger partial charge in [0.2, 0.25) is 0 Å². The highest BCUT2D eigenvalue weighted by molar-refractivity contribution is 8.17. The molecule has 0 radical (unpaired) electrons. The average molecular weight is 244 g/mol. The number of ether oxygens (including phenoxy) is 1. The summed E-state index contributed by atoms with van der Waals surface area (Å²) in [6.45, 7) is -0.679. The Morgan fingerprint density at radius 2 is 2.00 bits per heavy atom. The molecule has 0 saturated carbocycles. The minimum Gasteiger partial charge on any atom is -0.463 e. The van der Waals surface area contributed by atoms with Gasteiger partial charge in [-0.3, -0.25) is 4.79 Å². The summed E-state index contributed by atoms with van der Waals surface area (Å²) in [4.78, 5) is 10.9. The lowest BCUT2D eigenvalue weighted by Gasteiger charge is -2.14. The Bertz CT molecular complexity index is 168. The van der Waals surface area contributed by atoms with Gasteiger partial charge < -0.3 is 14.9 Å². The van der Waals surface area contributed by atoms with E-state index in [1.807, 2.05) is 0 Å². The summed E-state index contributed by atoms with van der Waals surface area (Å²) in [6.07, 6.45) is -1.14. The van der Waals surface area contributed by atoms with E-state index in [4.69, 9.17) is 10.2 Å². The van der Waals surface area contributed by atoms with E-state index in [0.29, 0.717) is 0 Å². The molecule has 1 atom stereocenters. The third kappa shape index (κ3) is 8.76. The summed E-state index contributed by atoms with van der Waals surface area (Å²) in [5.74, 6) is -0.576. The highest BCUT2D eigenvalue weighted by atomic mass is 32.2. The third-order valence-corrected chi connectivity index (χ3v) is 1.50. The second-order valence-corrected chi connectivity index (χ2v) is 5.82. The third-order valence-electron chi connectivity index (χ3n) is 1.03. The first kappa shape index (κ1) is 13.4. The zero-order valence-corrected chi connectivity index (χ0v) is 9.43. The standard InChI is InChI=1S/C6H12O4S3/c7-2-4(8)3-10-5(9)1-6(11,12)13/h4,7-8,11-13H,1-3H2. The molecule has 7 heteroatoms. The molecule has 13 heavy (non-hydrogen) atoms. The van der Waals surface area contributed by atoms with Crippen LogP contribution in [-0.4, -0.2) is 38.9 Å². The van der Waals surface area contributed by atoms with Crippen LogP contribution in [0.5, 0.6) is 0 Å². The zero-order valence-electron chi connectivity index (χ0n) is 6.75. The second-order valence-electron chi connectivity index (χ2n) is 2.47. The summed E-state index contributed by atoms with van der Waals surface area (Å²) in [5, 5.41) is 17.2. The van der Waals surface area contributed by atoms with Crippen molar-refractivity contribution in [3.8, 4) is 0 Å². The van der Waals surface area contributed by atoms with Gasteiger partial charge in [-0.1, -0.05) is 0 Å². The molecule has 0 aromatic rings. The molecule has 0 bridgehead atoms. The van der Waals surface area contributed by atoms with Crippen molar-refractivity contribution in [3.05, 3.63) is 0 Å². The van der Waals surface area contributed by atoms with E-state index in [0.717, 1.165) is 0 Å². The molecule has 0 saturated heterocycles. The summed E-state index contributed by atoms with van der Waals surface area (Å²) in [6, 6.07) is 0. The fourth-order valence-electron chi connectivity index (χ4n) is 0.487. The Hall–Kier alpha value is 0.440. The molecule has 0 aliphatic rings. The molecular formula is C6H12O4S3. The molecule has 1 unspecified atom stereocenters. The average Bonchev–Trinajstić information content (AvgIpc) is 1.97. The van der Waals surface area contributed by atoms with Crippen LogP contribution >= 0.6 is 37.9 Å². The lowest BCUT2D eigenvalue weighted by molar-refractivity contribution is -0.147. The van der Waals surface area contributed by atoms with Crippen molar-refractivity contribution in [2.24, 2.45) is 0 Å². The number of esters is 1. The van der Waals surface area contributed by atoms with Gasteiger partial charge in [0, 0.05) is 0 Å². The van der Waals surface area contributed by atoms with E-state index >= 15 is 0 Å². The van der Waals surface area contributed by atoms with Crippen molar-refractivity contribution in [3.63, 3.8) is 0 Å². The molecule has 0 heterocycles. The van der Waals surface area contributed by atoms with Crippen LogP contribution in [0.1, 0.15) is 6.42 Å². The Morgan fingerprint density at radius 1 is 1.46 bits per heavy atom. The fraction of sp³-hybridized carbons (Fsp3) is 0.833. The zero-order chi connectivity index (χ0) is 10.5. The SMILES string of the molecule is O=C(CC(S)(S)S)OCC(O)CO. The van der Waals surface area contributed by atoms with Crippen LogP contribution < -0.4 is 0 Å². The van der Waals surface area contributed by atoms with Gasteiger partial charge >= 0.3 is 5.97 Å². The van der Waals surface area contributed by atoms with E-state index in [2.05, 4.69) is 42.6 Å². The van der Waals surface area contributed by atoms with Gasteiger partial charge in [-0.15, -0.1) is 0 Å². The first-order valence-corrected chi connectivity index (χ1v) is 4.81. The Balaban J connectivity index is 3.64. The molecule has 0 aromatic heterocycles. The van der Waals surface area contributed by atoms with E-state index in [9.17, 15) is 4.79 Å². The van der Waals surface area contributed by atoms with Crippen molar-refractivity contribution in [1.29, 1.82) is 0 Å². The highest BCUT2D eigenvalue weighted by Crippen LogP contribution is 2.28. The summed E-state index contributed by atoms with van der Waals surface area (Å²) in [7, 11) is 0. The van der Waals surface area contributed by atoms with Crippen molar-refractivity contribution >= 4 is 43.9 Å². The van der Waals surface area contributed by atoms with Crippen LogP contribution in [0.3, 0.4) is 0 Å². The van der Waals surface area contributed by atoms with Crippen LogP contribution in [0.2, 0.25) is 0 Å². The smallest absolute Gasteiger partial charge is 0.309 e. The van der Waals surface area contributed by atoms with Gasteiger partial charge in [0.05, 0.1) is 13.0 Å². The van der Waals surface area contributed by atoms with Crippen LogP contribution in [0.4, 0.5) is 0 Å². The first-order chi connectivity index (χ1) is 5.85. The molecule has 4 nitrogen and oxygen atoms in total. The number of aliphatic hydroxyl groups is 2. The molecule has 0 amide bonds. The van der Waals surface area contributed by atoms with Gasteiger partial charge in [-0.05, 0) is 0 Å². The monoisotopic (exact) mass is 244 g/mol. The van der Waals surface area contributed by atoms with E-state index in [1.54, 1.807) is 0 Å². The molecule has 0 fully saturated rings. The molecule has 0 spiro atoms. The minimum absolute atomic E-state index is 0.0967. The normalized spacial score (nSPS) is 13.9. The molecule has 0 rings (SSSR count). The Labute approximate surface area is 92.9 Å². The predicted octanol–water partition coefficient (Wildman–Crippen LogP) is -0.284. The summed E-state index contributed by atoms with van der Waals surface area (Å²) < 4.78 is 3.55. The van der Waals surface area contributed by atoms with Gasteiger partial charge in [0.1, 0.15) is 16.1 Å². The van der Waals surface area contributed by atoms with Crippen LogP contribution in [0.25, 0.3) is 0 Å². The second kappa shape index (κ2) is 6.02. The maximum Gasteiger partial charge on any atom is 0.309 e. The van der Waals surface area contributed by atoms with Gasteiger partial charge in [-0.25, -0.2) is 0 Å². The Morgan fingerprint density at radius 3 is 2.38 bits per heavy atom. The lowest BCUT2D eigenvalue weighted by atomic mass is 10.4. The quantitative estimate of drug-likeness (QED) is 0.262. The number of carbonyl (C=O) groups excluding carboxylic acids is 1. The van der Waals surface area contributed by atoms with Crippen molar-refractivity contribution in [2.75, 3.05) is 13.2 Å². The van der Waals surface area contributed by atoms with Crippen molar-refractivity contribution in [2.45, 2.75) is 15.9 Å². The lowest BCUT2D eigenvalue weighted by Crippen LogP contribution is -2.23.